The quantitative estimate of drug-likeness (QED) is 0.778. The normalized spacial score (nSPS) is 10.6. The van der Waals surface area contributed by atoms with Crippen molar-refractivity contribution in [3.63, 3.8) is 0 Å². The number of ether oxygens (including phenoxy) is 1. The molecule has 6 heteroatoms. The van der Waals surface area contributed by atoms with Crippen LogP contribution in [0.5, 0.6) is 0 Å². The molecule has 3 N–H and O–H groups in total. The van der Waals surface area contributed by atoms with Crippen LogP contribution in [-0.2, 0) is 11.3 Å². The highest BCUT2D eigenvalue weighted by atomic mass is 16.5. The van der Waals surface area contributed by atoms with Crippen molar-refractivity contribution in [1.82, 2.24) is 14.8 Å². The van der Waals surface area contributed by atoms with Crippen LogP contribution in [0.4, 0.5) is 5.69 Å². The van der Waals surface area contributed by atoms with Gasteiger partial charge in [0.15, 0.2) is 5.82 Å². The number of hydrogen-bond acceptors (Lipinski definition) is 4. The van der Waals surface area contributed by atoms with Gasteiger partial charge < -0.3 is 10.5 Å². The standard InChI is InChI=1S/C10H12N4O2/c1-16-6-7-9(11)10(15)14(13-7)8-4-2-3-5-12-8/h2-5,13H,6,11H2,1H3. The molecule has 2 heterocycles. The van der Waals surface area contributed by atoms with Crippen molar-refractivity contribution in [3.05, 3.63) is 40.4 Å². The molecule has 0 aliphatic rings. The monoisotopic (exact) mass is 220 g/mol. The van der Waals surface area contributed by atoms with Crippen molar-refractivity contribution in [2.45, 2.75) is 6.61 Å². The first-order chi connectivity index (χ1) is 7.74. The van der Waals surface area contributed by atoms with E-state index in [2.05, 4.69) is 10.1 Å². The van der Waals surface area contributed by atoms with Crippen molar-refractivity contribution < 1.29 is 4.74 Å². The average Bonchev–Trinajstić information content (AvgIpc) is 2.59. The third-order valence-corrected chi connectivity index (χ3v) is 2.17. The first-order valence-corrected chi connectivity index (χ1v) is 4.73. The lowest BCUT2D eigenvalue weighted by atomic mass is 10.4. The Morgan fingerprint density at radius 3 is 3.00 bits per heavy atom. The zero-order chi connectivity index (χ0) is 11.5. The van der Waals surface area contributed by atoms with E-state index in [1.165, 1.54) is 11.8 Å². The smallest absolute Gasteiger partial charge is 0.296 e. The van der Waals surface area contributed by atoms with E-state index in [1.807, 2.05) is 0 Å². The zero-order valence-corrected chi connectivity index (χ0v) is 8.80. The number of nitrogens with zero attached hydrogens (tertiary/aromatic N) is 2. The van der Waals surface area contributed by atoms with Gasteiger partial charge in [-0.15, -0.1) is 0 Å². The molecule has 0 aliphatic heterocycles. The first kappa shape index (κ1) is 10.4. The van der Waals surface area contributed by atoms with E-state index in [4.69, 9.17) is 10.5 Å². The van der Waals surface area contributed by atoms with E-state index >= 15 is 0 Å². The number of rotatable bonds is 3. The summed E-state index contributed by atoms with van der Waals surface area (Å²) < 4.78 is 6.22. The van der Waals surface area contributed by atoms with Gasteiger partial charge >= 0.3 is 0 Å². The third-order valence-electron chi connectivity index (χ3n) is 2.17. The Kier molecular flexibility index (Phi) is 2.74. The average molecular weight is 220 g/mol. The summed E-state index contributed by atoms with van der Waals surface area (Å²) in [4.78, 5) is 15.8. The van der Waals surface area contributed by atoms with Gasteiger partial charge in [0.25, 0.3) is 5.56 Å². The minimum atomic E-state index is -0.314. The van der Waals surface area contributed by atoms with Gasteiger partial charge in [-0.25, -0.2) is 4.98 Å². The fourth-order valence-corrected chi connectivity index (χ4v) is 1.40. The Morgan fingerprint density at radius 2 is 2.38 bits per heavy atom. The number of methoxy groups -OCH3 is 1. The number of H-pyrrole nitrogens is 1. The van der Waals surface area contributed by atoms with E-state index < -0.39 is 0 Å². The van der Waals surface area contributed by atoms with Gasteiger partial charge in [0, 0.05) is 13.3 Å². The van der Waals surface area contributed by atoms with Gasteiger partial charge in [-0.05, 0) is 12.1 Å². The number of nitrogens with two attached hydrogens (primary N) is 1. The fraction of sp³-hybridized carbons (Fsp3) is 0.200. The molecule has 2 aromatic heterocycles. The van der Waals surface area contributed by atoms with Crippen LogP contribution in [0.25, 0.3) is 5.82 Å². The maximum Gasteiger partial charge on any atom is 0.296 e. The lowest BCUT2D eigenvalue weighted by Gasteiger charge is -1.99. The lowest BCUT2D eigenvalue weighted by molar-refractivity contribution is 0.181. The topological polar surface area (TPSA) is 85.9 Å². The summed E-state index contributed by atoms with van der Waals surface area (Å²) in [5.41, 5.74) is 6.05. The number of aromatic nitrogens is 3. The molecule has 0 spiro atoms. The number of nitrogen functional groups attached to an aromatic ring is 1. The molecule has 2 rings (SSSR count). The van der Waals surface area contributed by atoms with Gasteiger partial charge in [0.1, 0.15) is 5.69 Å². The summed E-state index contributed by atoms with van der Waals surface area (Å²) in [6.45, 7) is 0.265. The molecule has 0 aromatic carbocycles. The van der Waals surface area contributed by atoms with Crippen LogP contribution in [0.2, 0.25) is 0 Å². The molecule has 0 radical (unpaired) electrons. The minimum Gasteiger partial charge on any atom is -0.393 e. The van der Waals surface area contributed by atoms with Crippen LogP contribution in [0, 0.1) is 0 Å². The molecule has 0 saturated heterocycles. The molecule has 0 unspecified atom stereocenters. The molecular formula is C10H12N4O2. The Morgan fingerprint density at radius 1 is 1.56 bits per heavy atom. The summed E-state index contributed by atoms with van der Waals surface area (Å²) in [5, 5.41) is 2.86. The second kappa shape index (κ2) is 4.19. The van der Waals surface area contributed by atoms with E-state index in [0.29, 0.717) is 11.5 Å². The second-order valence-electron chi connectivity index (χ2n) is 3.27. The molecule has 0 atom stereocenters. The van der Waals surface area contributed by atoms with Crippen LogP contribution < -0.4 is 11.3 Å². The van der Waals surface area contributed by atoms with Crippen molar-refractivity contribution >= 4 is 5.69 Å². The molecule has 16 heavy (non-hydrogen) atoms. The van der Waals surface area contributed by atoms with Gasteiger partial charge in [-0.1, -0.05) is 6.07 Å². The molecule has 0 aliphatic carbocycles. The largest absolute Gasteiger partial charge is 0.393 e. The van der Waals surface area contributed by atoms with Crippen LogP contribution in [0.3, 0.4) is 0 Å². The molecule has 0 bridgehead atoms. The number of nitrogens with one attached hydrogen (secondary N) is 1. The predicted octanol–water partition coefficient (Wildman–Crippen LogP) is 0.289. The maximum atomic E-state index is 11.8. The maximum absolute atomic E-state index is 11.8. The van der Waals surface area contributed by atoms with Gasteiger partial charge in [-0.2, -0.15) is 4.68 Å². The second-order valence-corrected chi connectivity index (χ2v) is 3.27. The summed E-state index contributed by atoms with van der Waals surface area (Å²) >= 11 is 0. The van der Waals surface area contributed by atoms with Crippen molar-refractivity contribution in [2.24, 2.45) is 0 Å². The van der Waals surface area contributed by atoms with Crippen molar-refractivity contribution in [2.75, 3.05) is 12.8 Å². The highest BCUT2D eigenvalue weighted by molar-refractivity contribution is 5.42. The molecular weight excluding hydrogens is 208 g/mol. The Labute approximate surface area is 91.7 Å². The first-order valence-electron chi connectivity index (χ1n) is 4.73. The van der Waals surface area contributed by atoms with Gasteiger partial charge in [0.05, 0.1) is 12.3 Å². The Bertz CT molecular complexity index is 529. The van der Waals surface area contributed by atoms with E-state index in [-0.39, 0.29) is 17.9 Å². The molecule has 0 fully saturated rings. The molecule has 2 aromatic rings. The Hall–Kier alpha value is -2.08. The number of aromatic amines is 1. The summed E-state index contributed by atoms with van der Waals surface area (Å²) in [6, 6.07) is 5.28. The van der Waals surface area contributed by atoms with Crippen LogP contribution >= 0.6 is 0 Å². The van der Waals surface area contributed by atoms with Crippen LogP contribution in [0.1, 0.15) is 5.69 Å². The zero-order valence-electron chi connectivity index (χ0n) is 8.80. The van der Waals surface area contributed by atoms with Gasteiger partial charge in [-0.3, -0.25) is 9.89 Å². The molecule has 0 amide bonds. The van der Waals surface area contributed by atoms with Crippen LogP contribution in [0.15, 0.2) is 29.2 Å². The van der Waals surface area contributed by atoms with E-state index in [9.17, 15) is 4.79 Å². The number of pyridine rings is 1. The molecule has 84 valence electrons. The van der Waals surface area contributed by atoms with Crippen molar-refractivity contribution in [3.8, 4) is 5.82 Å². The third kappa shape index (κ3) is 1.70. The Balaban J connectivity index is 2.51. The predicted molar refractivity (Wildman–Crippen MR) is 59.3 cm³/mol. The van der Waals surface area contributed by atoms with E-state index in [0.717, 1.165) is 0 Å². The fourth-order valence-electron chi connectivity index (χ4n) is 1.40. The summed E-state index contributed by atoms with van der Waals surface area (Å²) in [7, 11) is 1.54. The van der Waals surface area contributed by atoms with Crippen molar-refractivity contribution in [1.29, 1.82) is 0 Å². The van der Waals surface area contributed by atoms with Crippen LogP contribution in [-0.4, -0.2) is 21.9 Å². The number of hydrogen-bond donors (Lipinski definition) is 2. The summed E-state index contributed by atoms with van der Waals surface area (Å²) in [6.07, 6.45) is 1.61. The number of anilines is 1. The van der Waals surface area contributed by atoms with E-state index in [1.54, 1.807) is 24.4 Å². The highest BCUT2D eigenvalue weighted by Crippen LogP contribution is 2.07. The van der Waals surface area contributed by atoms with Gasteiger partial charge in [0.2, 0.25) is 0 Å². The minimum absolute atomic E-state index is 0.160. The molecule has 6 nitrogen and oxygen atoms in total. The lowest BCUT2D eigenvalue weighted by Crippen LogP contribution is -2.17. The molecule has 0 saturated carbocycles. The highest BCUT2D eigenvalue weighted by Gasteiger charge is 2.12. The summed E-state index contributed by atoms with van der Waals surface area (Å²) in [5.74, 6) is 0.501. The SMILES string of the molecule is COCc1[nH]n(-c2ccccn2)c(=O)c1N.